The van der Waals surface area contributed by atoms with Gasteiger partial charge in [0.1, 0.15) is 6.67 Å². The molecule has 0 aliphatic carbocycles. The number of carbonyl (C=O) groups excluding carboxylic acids is 1. The summed E-state index contributed by atoms with van der Waals surface area (Å²) in [6, 6.07) is 4.02. The van der Waals surface area contributed by atoms with Gasteiger partial charge in [0.05, 0.1) is 21.7 Å². The first-order chi connectivity index (χ1) is 17.6. The van der Waals surface area contributed by atoms with E-state index in [0.29, 0.717) is 38.3 Å². The number of nitrogens with one attached hydrogen (secondary N) is 1. The molecule has 1 amide bonds. The van der Waals surface area contributed by atoms with Gasteiger partial charge in [0.2, 0.25) is 5.91 Å². The zero-order chi connectivity index (χ0) is 26.4. The molecule has 12 heteroatoms. The number of alkyl halides is 3. The lowest BCUT2D eigenvalue weighted by molar-refractivity contribution is -0.142. The normalized spacial score (nSPS) is 26.2. The molecule has 2 saturated heterocycles. The highest BCUT2D eigenvalue weighted by Gasteiger charge is 2.52. The Balaban J connectivity index is 1.30. The molecule has 2 unspecified atom stereocenters. The number of carboxylic acids is 1. The minimum absolute atomic E-state index is 0.0420. The third kappa shape index (κ3) is 4.99. The molecule has 198 valence electrons. The van der Waals surface area contributed by atoms with Crippen molar-refractivity contribution in [3.63, 3.8) is 0 Å². The molecule has 2 atom stereocenters. The highest BCUT2D eigenvalue weighted by molar-refractivity contribution is 6.31. The van der Waals surface area contributed by atoms with Crippen LogP contribution >= 0.6 is 11.6 Å². The van der Waals surface area contributed by atoms with Gasteiger partial charge in [0, 0.05) is 51.1 Å². The summed E-state index contributed by atoms with van der Waals surface area (Å²) in [5, 5.41) is 16.4. The van der Waals surface area contributed by atoms with Crippen LogP contribution in [-0.4, -0.2) is 82.5 Å². The molecule has 2 N–H and O–H groups in total. The van der Waals surface area contributed by atoms with Crippen LogP contribution in [0, 0.1) is 0 Å². The average molecular weight is 538 g/mol. The second-order valence-corrected chi connectivity index (χ2v) is 10.3. The van der Waals surface area contributed by atoms with Gasteiger partial charge < -0.3 is 15.3 Å². The second-order valence-electron chi connectivity index (χ2n) is 9.86. The van der Waals surface area contributed by atoms with Crippen molar-refractivity contribution in [2.45, 2.75) is 43.4 Å². The fourth-order valence-electron chi connectivity index (χ4n) is 5.79. The van der Waals surface area contributed by atoms with E-state index < -0.39 is 23.2 Å². The number of hydrogen-bond acceptors (Lipinski definition) is 6. The summed E-state index contributed by atoms with van der Waals surface area (Å²) < 4.78 is 39.8. The number of rotatable bonds is 5. The Morgan fingerprint density at radius 2 is 2.11 bits per heavy atom. The van der Waals surface area contributed by atoms with Gasteiger partial charge in [-0.2, -0.15) is 13.2 Å². The fraction of sp³-hybridized carbons (Fsp3) is 0.480. The topological polar surface area (TPSA) is 88.5 Å². The minimum atomic E-state index is -4.54. The van der Waals surface area contributed by atoms with E-state index in [9.17, 15) is 27.9 Å². The number of aliphatic carboxylic acids is 1. The van der Waals surface area contributed by atoms with Gasteiger partial charge in [-0.25, -0.2) is 9.80 Å². The lowest BCUT2D eigenvalue weighted by atomic mass is 9.91. The minimum Gasteiger partial charge on any atom is -0.478 e. The standard InChI is InChI=1S/C25H27ClF3N5O3/c26-21-2-1-17(9-20(21)25(27,28)29)16-4-7-32(8-5-16)22(35)10-24-6-3-19(12-30-14-24)34(24)33-13-18(23(36)37)11-31-15-33/h1-2,4,9,11,13,19,30H,3,5-8,10,12,14-15H2,(H,36,37). The van der Waals surface area contributed by atoms with Gasteiger partial charge in [-0.05, 0) is 42.5 Å². The van der Waals surface area contributed by atoms with Crippen molar-refractivity contribution >= 4 is 35.3 Å². The van der Waals surface area contributed by atoms with E-state index in [1.165, 1.54) is 12.3 Å². The predicted octanol–water partition coefficient (Wildman–Crippen LogP) is 3.40. The highest BCUT2D eigenvalue weighted by Crippen LogP contribution is 2.41. The maximum Gasteiger partial charge on any atom is 0.417 e. The zero-order valence-corrected chi connectivity index (χ0v) is 20.7. The van der Waals surface area contributed by atoms with Crippen molar-refractivity contribution in [2.24, 2.45) is 4.99 Å². The fourth-order valence-corrected chi connectivity index (χ4v) is 6.02. The van der Waals surface area contributed by atoms with Crippen molar-refractivity contribution in [1.29, 1.82) is 0 Å². The molecule has 1 aromatic carbocycles. The van der Waals surface area contributed by atoms with Crippen LogP contribution in [-0.2, 0) is 15.8 Å². The molecule has 4 heterocycles. The third-order valence-corrected chi connectivity index (χ3v) is 7.89. The lowest BCUT2D eigenvalue weighted by Gasteiger charge is -2.50. The Morgan fingerprint density at radius 1 is 1.30 bits per heavy atom. The number of hydrogen-bond donors (Lipinski definition) is 2. The van der Waals surface area contributed by atoms with Crippen molar-refractivity contribution in [3.05, 3.63) is 52.2 Å². The van der Waals surface area contributed by atoms with Crippen molar-refractivity contribution in [2.75, 3.05) is 32.8 Å². The molecule has 5 rings (SSSR count). The summed E-state index contributed by atoms with van der Waals surface area (Å²) in [4.78, 5) is 30.9. The number of benzene rings is 1. The Morgan fingerprint density at radius 3 is 2.81 bits per heavy atom. The van der Waals surface area contributed by atoms with E-state index in [1.807, 2.05) is 5.01 Å². The molecule has 2 fully saturated rings. The zero-order valence-electron chi connectivity index (χ0n) is 20.0. The second kappa shape index (κ2) is 9.77. The van der Waals surface area contributed by atoms with Crippen LogP contribution in [0.5, 0.6) is 0 Å². The third-order valence-electron chi connectivity index (χ3n) is 7.56. The number of carboxylic acid groups (broad SMARTS) is 1. The van der Waals surface area contributed by atoms with E-state index in [0.717, 1.165) is 31.0 Å². The van der Waals surface area contributed by atoms with E-state index in [1.54, 1.807) is 23.2 Å². The molecule has 8 nitrogen and oxygen atoms in total. The van der Waals surface area contributed by atoms with Crippen molar-refractivity contribution in [3.8, 4) is 0 Å². The summed E-state index contributed by atoms with van der Waals surface area (Å²) in [5.74, 6) is -1.10. The molecule has 1 aromatic rings. The summed E-state index contributed by atoms with van der Waals surface area (Å²) in [5.41, 5.74) is -0.0724. The van der Waals surface area contributed by atoms with Crippen LogP contribution in [0.15, 0.2) is 41.0 Å². The molecular formula is C25H27ClF3N5O3. The van der Waals surface area contributed by atoms with E-state index >= 15 is 0 Å². The molecule has 2 bridgehead atoms. The molecule has 0 radical (unpaired) electrons. The first-order valence-electron chi connectivity index (χ1n) is 12.1. The lowest BCUT2D eigenvalue weighted by Crippen LogP contribution is -2.66. The monoisotopic (exact) mass is 537 g/mol. The van der Waals surface area contributed by atoms with Gasteiger partial charge >= 0.3 is 12.1 Å². The molecule has 0 saturated carbocycles. The number of halogens is 4. The largest absolute Gasteiger partial charge is 0.478 e. The molecule has 37 heavy (non-hydrogen) atoms. The summed E-state index contributed by atoms with van der Waals surface area (Å²) in [6.07, 6.45) is 2.53. The SMILES string of the molecule is O=C(O)C1=CN(N2C3CCC2(CC(=O)N2CC=C(c4ccc(Cl)c(C(F)(F)F)c4)CC2)CNC3)CN=C1. The molecule has 0 aromatic heterocycles. The smallest absolute Gasteiger partial charge is 0.417 e. The summed E-state index contributed by atoms with van der Waals surface area (Å²) in [7, 11) is 0. The van der Waals surface area contributed by atoms with E-state index in [2.05, 4.69) is 15.3 Å². The summed E-state index contributed by atoms with van der Waals surface area (Å²) in [6.45, 7) is 2.33. The number of fused-ring (bicyclic) bond motifs is 2. The predicted molar refractivity (Wildman–Crippen MR) is 132 cm³/mol. The Kier molecular flexibility index (Phi) is 6.80. The Labute approximate surface area is 217 Å². The summed E-state index contributed by atoms with van der Waals surface area (Å²) >= 11 is 5.75. The highest BCUT2D eigenvalue weighted by atomic mass is 35.5. The average Bonchev–Trinajstić information content (AvgIpc) is 3.08. The Hall–Kier alpha value is -2.89. The molecule has 0 spiro atoms. The number of carbonyl (C=O) groups is 2. The first kappa shape index (κ1) is 25.7. The van der Waals surface area contributed by atoms with Crippen LogP contribution in [0.3, 0.4) is 0 Å². The maximum atomic E-state index is 13.4. The number of aliphatic imine (C=N–C) groups is 1. The van der Waals surface area contributed by atoms with Crippen molar-refractivity contribution < 1.29 is 27.9 Å². The molecule has 4 aliphatic heterocycles. The van der Waals surface area contributed by atoms with Gasteiger partial charge in [-0.3, -0.25) is 14.8 Å². The van der Waals surface area contributed by atoms with Gasteiger partial charge in [-0.1, -0.05) is 23.7 Å². The van der Waals surface area contributed by atoms with E-state index in [-0.39, 0.29) is 29.0 Å². The number of piperazine rings is 1. The van der Waals surface area contributed by atoms with Gasteiger partial charge in [0.15, 0.2) is 0 Å². The molecule has 4 aliphatic rings. The number of nitrogens with zero attached hydrogens (tertiary/aromatic N) is 4. The van der Waals surface area contributed by atoms with Gasteiger partial charge in [-0.15, -0.1) is 0 Å². The maximum absolute atomic E-state index is 13.4. The van der Waals surface area contributed by atoms with Crippen molar-refractivity contribution in [1.82, 2.24) is 20.2 Å². The van der Waals surface area contributed by atoms with Crippen LogP contribution < -0.4 is 5.32 Å². The van der Waals surface area contributed by atoms with Crippen LogP contribution in [0.1, 0.15) is 36.8 Å². The van der Waals surface area contributed by atoms with Crippen LogP contribution in [0.4, 0.5) is 13.2 Å². The van der Waals surface area contributed by atoms with Crippen LogP contribution in [0.25, 0.3) is 5.57 Å². The Bertz CT molecular complexity index is 1200. The van der Waals surface area contributed by atoms with E-state index in [4.69, 9.17) is 11.6 Å². The number of hydrazine groups is 1. The van der Waals surface area contributed by atoms with Gasteiger partial charge in [0.25, 0.3) is 0 Å². The molecular weight excluding hydrogens is 511 g/mol. The quantitative estimate of drug-likeness (QED) is 0.599. The number of amides is 1. The first-order valence-corrected chi connectivity index (χ1v) is 12.5. The van der Waals surface area contributed by atoms with Crippen LogP contribution in [0.2, 0.25) is 5.02 Å².